The molecule has 1 aliphatic heterocycles. The van der Waals surface area contributed by atoms with Gasteiger partial charge in [-0.25, -0.2) is 8.51 Å². The van der Waals surface area contributed by atoms with Gasteiger partial charge in [0.25, 0.3) is 0 Å². The number of carboxylic acid groups (broad SMARTS) is 1. The maximum atomic E-state index is 11.5. The molecule has 1 fully saturated rings. The van der Waals surface area contributed by atoms with E-state index in [0.717, 1.165) is 13.0 Å². The summed E-state index contributed by atoms with van der Waals surface area (Å²) >= 11 is -1.23. The van der Waals surface area contributed by atoms with Gasteiger partial charge in [0.2, 0.25) is 0 Å². The Bertz CT molecular complexity index is 222. The third-order valence-electron chi connectivity index (χ3n) is 1.83. The van der Waals surface area contributed by atoms with Gasteiger partial charge in [0, 0.05) is 19.6 Å². The molecule has 5 nitrogen and oxygen atoms in total. The van der Waals surface area contributed by atoms with Gasteiger partial charge in [-0.3, -0.25) is 4.79 Å². The molecule has 0 aliphatic carbocycles. The van der Waals surface area contributed by atoms with Crippen LogP contribution in [0.2, 0.25) is 0 Å². The molecule has 0 spiro atoms. The number of hydrogen-bond acceptors (Lipinski definition) is 2. The summed E-state index contributed by atoms with van der Waals surface area (Å²) < 4.78 is 14.8. The first-order valence-corrected chi connectivity index (χ1v) is 5.35. The largest absolute Gasteiger partial charge is 0.480 e. The molecular weight excluding hydrogens is 192 g/mol. The van der Waals surface area contributed by atoms with Crippen molar-refractivity contribution >= 4 is 17.1 Å². The maximum absolute atomic E-state index is 11.5. The van der Waals surface area contributed by atoms with Gasteiger partial charge in [-0.2, -0.15) is 4.31 Å². The maximum Gasteiger partial charge on any atom is 0.318 e. The predicted molar refractivity (Wildman–Crippen MR) is 49.2 cm³/mol. The van der Waals surface area contributed by atoms with E-state index in [4.69, 9.17) is 5.11 Å². The second-order valence-corrected chi connectivity index (χ2v) is 4.41. The molecule has 1 atom stereocenters. The Hall–Kier alpha value is -0.460. The molecular formula is C7H14N2O3S. The summed E-state index contributed by atoms with van der Waals surface area (Å²) in [5.74, 6) is -0.924. The number of carbonyl (C=O) groups is 1. The number of hydrogen-bond donors (Lipinski definition) is 1. The third kappa shape index (κ3) is 2.75. The lowest BCUT2D eigenvalue weighted by Crippen LogP contribution is -2.31. The van der Waals surface area contributed by atoms with Crippen LogP contribution in [-0.4, -0.2) is 50.1 Å². The molecule has 0 amide bonds. The molecule has 0 radical (unpaired) electrons. The fourth-order valence-electron chi connectivity index (χ4n) is 1.27. The average Bonchev–Trinajstić information content (AvgIpc) is 2.36. The fourth-order valence-corrected chi connectivity index (χ4v) is 2.63. The van der Waals surface area contributed by atoms with E-state index >= 15 is 0 Å². The van der Waals surface area contributed by atoms with Crippen molar-refractivity contribution in [2.45, 2.75) is 13.3 Å². The molecule has 0 aromatic rings. The van der Waals surface area contributed by atoms with Gasteiger partial charge in [-0.05, 0) is 6.42 Å². The highest BCUT2D eigenvalue weighted by atomic mass is 32.2. The number of aliphatic carboxylic acids is 1. The van der Waals surface area contributed by atoms with Crippen molar-refractivity contribution < 1.29 is 14.1 Å². The smallest absolute Gasteiger partial charge is 0.318 e. The second kappa shape index (κ2) is 4.69. The summed E-state index contributed by atoms with van der Waals surface area (Å²) in [5.41, 5.74) is 0. The Labute approximate surface area is 80.0 Å². The van der Waals surface area contributed by atoms with Gasteiger partial charge in [0.1, 0.15) is 6.54 Å². The highest BCUT2D eigenvalue weighted by molar-refractivity contribution is 7.80. The Kier molecular flexibility index (Phi) is 3.83. The van der Waals surface area contributed by atoms with E-state index in [1.165, 1.54) is 4.31 Å². The molecule has 1 aliphatic rings. The van der Waals surface area contributed by atoms with Crippen molar-refractivity contribution in [1.29, 1.82) is 0 Å². The normalized spacial score (nSPS) is 25.2. The van der Waals surface area contributed by atoms with E-state index in [-0.39, 0.29) is 6.54 Å². The zero-order chi connectivity index (χ0) is 9.84. The Morgan fingerprint density at radius 2 is 2.08 bits per heavy atom. The summed E-state index contributed by atoms with van der Waals surface area (Å²) in [5, 5.41) is 8.51. The number of carboxylic acids is 1. The lowest BCUT2D eigenvalue weighted by Gasteiger charge is -2.13. The third-order valence-corrected chi connectivity index (χ3v) is 3.39. The Balaban J connectivity index is 2.45. The van der Waals surface area contributed by atoms with Gasteiger partial charge in [0.05, 0.1) is 0 Å². The highest BCUT2D eigenvalue weighted by Crippen LogP contribution is 2.11. The molecule has 1 rings (SSSR count). The van der Waals surface area contributed by atoms with Crippen molar-refractivity contribution in [2.75, 3.05) is 26.2 Å². The zero-order valence-corrected chi connectivity index (χ0v) is 8.42. The second-order valence-electron chi connectivity index (χ2n) is 2.92. The minimum absolute atomic E-state index is 0.132. The minimum Gasteiger partial charge on any atom is -0.480 e. The van der Waals surface area contributed by atoms with E-state index in [9.17, 15) is 9.00 Å². The van der Waals surface area contributed by atoms with Crippen molar-refractivity contribution in [3.63, 3.8) is 0 Å². The van der Waals surface area contributed by atoms with Gasteiger partial charge in [0.15, 0.2) is 11.2 Å². The molecule has 0 saturated carbocycles. The van der Waals surface area contributed by atoms with Gasteiger partial charge in [-0.1, -0.05) is 6.92 Å². The molecule has 6 heteroatoms. The van der Waals surface area contributed by atoms with E-state index in [1.54, 1.807) is 4.31 Å². The van der Waals surface area contributed by atoms with Crippen LogP contribution in [0.15, 0.2) is 0 Å². The SMILES string of the molecule is CCCN1CCN(CC(=O)O)S1=O. The predicted octanol–water partition coefficient (Wildman–Crippen LogP) is -0.323. The molecule has 76 valence electrons. The molecule has 0 bridgehead atoms. The molecule has 0 aromatic carbocycles. The monoisotopic (exact) mass is 206 g/mol. The van der Waals surface area contributed by atoms with Crippen molar-refractivity contribution in [3.05, 3.63) is 0 Å². The van der Waals surface area contributed by atoms with Crippen LogP contribution in [0.5, 0.6) is 0 Å². The fraction of sp³-hybridized carbons (Fsp3) is 0.857. The summed E-state index contributed by atoms with van der Waals surface area (Å²) in [6.07, 6.45) is 0.937. The number of nitrogens with zero attached hydrogens (tertiary/aromatic N) is 2. The van der Waals surface area contributed by atoms with Gasteiger partial charge >= 0.3 is 5.97 Å². The zero-order valence-electron chi connectivity index (χ0n) is 7.60. The molecule has 1 unspecified atom stereocenters. The number of rotatable bonds is 4. The van der Waals surface area contributed by atoms with Gasteiger partial charge < -0.3 is 5.11 Å². The summed E-state index contributed by atoms with van der Waals surface area (Å²) in [7, 11) is 0. The van der Waals surface area contributed by atoms with Crippen LogP contribution in [-0.2, 0) is 16.0 Å². The Morgan fingerprint density at radius 3 is 2.62 bits per heavy atom. The first-order valence-electron chi connectivity index (χ1n) is 4.29. The standard InChI is InChI=1S/C7H14N2O3S/c1-2-3-8-4-5-9(13(8)12)6-7(10)11/h2-6H2,1H3,(H,10,11). The van der Waals surface area contributed by atoms with Crippen LogP contribution < -0.4 is 0 Å². The highest BCUT2D eigenvalue weighted by Gasteiger charge is 2.28. The molecule has 0 aromatic heterocycles. The van der Waals surface area contributed by atoms with Crippen LogP contribution in [0.1, 0.15) is 13.3 Å². The molecule has 1 heterocycles. The van der Waals surface area contributed by atoms with Crippen LogP contribution in [0.25, 0.3) is 0 Å². The molecule has 13 heavy (non-hydrogen) atoms. The van der Waals surface area contributed by atoms with Crippen LogP contribution in [0, 0.1) is 0 Å². The van der Waals surface area contributed by atoms with Crippen LogP contribution in [0.4, 0.5) is 0 Å². The van der Waals surface area contributed by atoms with Gasteiger partial charge in [-0.15, -0.1) is 0 Å². The van der Waals surface area contributed by atoms with Crippen LogP contribution in [0.3, 0.4) is 0 Å². The first kappa shape index (κ1) is 10.6. The first-order chi connectivity index (χ1) is 6.15. The lowest BCUT2D eigenvalue weighted by atomic mass is 10.4. The Morgan fingerprint density at radius 1 is 1.46 bits per heavy atom. The van der Waals surface area contributed by atoms with Crippen molar-refractivity contribution in [2.24, 2.45) is 0 Å². The summed E-state index contributed by atoms with van der Waals surface area (Å²) in [6.45, 7) is 3.93. The van der Waals surface area contributed by atoms with Crippen molar-refractivity contribution in [1.82, 2.24) is 8.61 Å². The van der Waals surface area contributed by atoms with E-state index < -0.39 is 17.1 Å². The van der Waals surface area contributed by atoms with Crippen molar-refractivity contribution in [3.8, 4) is 0 Å². The lowest BCUT2D eigenvalue weighted by molar-refractivity contribution is -0.137. The van der Waals surface area contributed by atoms with E-state index in [0.29, 0.717) is 13.1 Å². The molecule has 1 N–H and O–H groups in total. The average molecular weight is 206 g/mol. The molecule has 1 saturated heterocycles. The quantitative estimate of drug-likeness (QED) is 0.685. The summed E-state index contributed by atoms with van der Waals surface area (Å²) in [4.78, 5) is 10.4. The topological polar surface area (TPSA) is 60.9 Å². The van der Waals surface area contributed by atoms with Crippen LogP contribution >= 0.6 is 0 Å². The summed E-state index contributed by atoms with van der Waals surface area (Å²) in [6, 6.07) is 0. The van der Waals surface area contributed by atoms with E-state index in [2.05, 4.69) is 0 Å². The van der Waals surface area contributed by atoms with E-state index in [1.807, 2.05) is 6.92 Å². The minimum atomic E-state index is -1.23.